The normalized spacial score (nSPS) is 11.6. The first-order valence-corrected chi connectivity index (χ1v) is 10.1. The molecule has 0 aromatic heterocycles. The predicted octanol–water partition coefficient (Wildman–Crippen LogP) is -0.476. The molecule has 3 aromatic rings. The molecule has 7 nitrogen and oxygen atoms in total. The van der Waals surface area contributed by atoms with Gasteiger partial charge in [0, 0.05) is 6.07 Å². The molecule has 0 radical (unpaired) electrons. The first-order valence-electron chi connectivity index (χ1n) is 7.28. The Kier molecular flexibility index (Phi) is 6.56. The largest absolute Gasteiger partial charge is 1.00 e. The first-order chi connectivity index (χ1) is 12.2. The van der Waals surface area contributed by atoms with Gasteiger partial charge in [-0.3, -0.25) is 0 Å². The standard InChI is InChI=1S/C17H14O7S2.Na/c1-23-17-11-14(25(18,19)20)8-9-16(17)24-26(21,22)15-7-6-12-4-2-3-5-13(12)10-15;/h2-11H,1H3,(H,18,19,20);/q;+1/p-1. The quantitative estimate of drug-likeness (QED) is 0.314. The van der Waals surface area contributed by atoms with Crippen molar-refractivity contribution >= 4 is 31.0 Å². The monoisotopic (exact) mass is 416 g/mol. The summed E-state index contributed by atoms with van der Waals surface area (Å²) in [6.07, 6.45) is 0. The van der Waals surface area contributed by atoms with Crippen LogP contribution in [0.25, 0.3) is 10.8 Å². The van der Waals surface area contributed by atoms with Crippen molar-refractivity contribution < 1.29 is 59.9 Å². The van der Waals surface area contributed by atoms with E-state index in [4.69, 9.17) is 8.92 Å². The average Bonchev–Trinajstić information content (AvgIpc) is 2.60. The molecule has 3 rings (SSSR count). The Morgan fingerprint density at radius 2 is 1.41 bits per heavy atom. The topological polar surface area (TPSA) is 110 Å². The molecule has 3 aromatic carbocycles. The van der Waals surface area contributed by atoms with Gasteiger partial charge < -0.3 is 13.5 Å². The van der Waals surface area contributed by atoms with E-state index in [2.05, 4.69) is 0 Å². The van der Waals surface area contributed by atoms with Crippen molar-refractivity contribution in [3.05, 3.63) is 60.7 Å². The van der Waals surface area contributed by atoms with Gasteiger partial charge >= 0.3 is 39.7 Å². The molecular weight excluding hydrogens is 403 g/mol. The van der Waals surface area contributed by atoms with E-state index < -0.39 is 25.1 Å². The summed E-state index contributed by atoms with van der Waals surface area (Å²) in [5.41, 5.74) is 0. The van der Waals surface area contributed by atoms with Crippen LogP contribution in [0.3, 0.4) is 0 Å². The molecule has 0 fully saturated rings. The molecule has 0 aliphatic carbocycles. The fraction of sp³-hybridized carbons (Fsp3) is 0.0588. The maximum absolute atomic E-state index is 12.5. The summed E-state index contributed by atoms with van der Waals surface area (Å²) in [7, 11) is -7.70. The van der Waals surface area contributed by atoms with Crippen LogP contribution >= 0.6 is 0 Å². The fourth-order valence-corrected chi connectivity index (χ4v) is 3.82. The molecule has 0 N–H and O–H groups in total. The van der Waals surface area contributed by atoms with Crippen molar-refractivity contribution in [1.82, 2.24) is 0 Å². The SMILES string of the molecule is COc1cc(S(=O)(=O)[O-])ccc1OS(=O)(=O)c1ccc2ccccc2c1.[Na+]. The van der Waals surface area contributed by atoms with Crippen LogP contribution in [0.4, 0.5) is 0 Å². The Labute approximate surface area is 179 Å². The van der Waals surface area contributed by atoms with Crippen molar-refractivity contribution in [3.63, 3.8) is 0 Å². The van der Waals surface area contributed by atoms with Gasteiger partial charge in [0.25, 0.3) is 0 Å². The fourth-order valence-electron chi connectivity index (χ4n) is 2.36. The number of hydrogen-bond acceptors (Lipinski definition) is 7. The molecule has 0 amide bonds. The van der Waals surface area contributed by atoms with E-state index >= 15 is 0 Å². The van der Waals surface area contributed by atoms with Gasteiger partial charge in [0.1, 0.15) is 15.0 Å². The summed E-state index contributed by atoms with van der Waals surface area (Å²) in [6, 6.07) is 14.7. The smallest absolute Gasteiger partial charge is 0.744 e. The number of benzene rings is 3. The van der Waals surface area contributed by atoms with E-state index in [0.717, 1.165) is 29.0 Å². The molecule has 0 aliphatic heterocycles. The zero-order valence-corrected chi connectivity index (χ0v) is 18.1. The van der Waals surface area contributed by atoms with Gasteiger partial charge in [-0.25, -0.2) is 8.42 Å². The van der Waals surface area contributed by atoms with E-state index in [1.807, 2.05) is 12.1 Å². The molecule has 0 unspecified atom stereocenters. The average molecular weight is 416 g/mol. The van der Waals surface area contributed by atoms with Crippen molar-refractivity contribution in [2.45, 2.75) is 9.79 Å². The molecule has 0 atom stereocenters. The Hall–Kier alpha value is -1.62. The number of fused-ring (bicyclic) bond motifs is 1. The number of hydrogen-bond donors (Lipinski definition) is 0. The van der Waals surface area contributed by atoms with Crippen LogP contribution in [-0.2, 0) is 20.2 Å². The summed E-state index contributed by atoms with van der Waals surface area (Å²) < 4.78 is 68.3. The van der Waals surface area contributed by atoms with Crippen LogP contribution in [0.15, 0.2) is 70.5 Å². The summed E-state index contributed by atoms with van der Waals surface area (Å²) >= 11 is 0. The minimum Gasteiger partial charge on any atom is -0.744 e. The Bertz CT molecular complexity index is 1190. The van der Waals surface area contributed by atoms with E-state index in [1.54, 1.807) is 18.2 Å². The molecule has 0 saturated heterocycles. The van der Waals surface area contributed by atoms with Gasteiger partial charge in [0.05, 0.1) is 12.0 Å². The summed E-state index contributed by atoms with van der Waals surface area (Å²) in [4.78, 5) is -0.622. The van der Waals surface area contributed by atoms with Crippen LogP contribution in [0.1, 0.15) is 0 Å². The van der Waals surface area contributed by atoms with Gasteiger partial charge in [-0.15, -0.1) is 0 Å². The molecule has 0 spiro atoms. The predicted molar refractivity (Wildman–Crippen MR) is 92.7 cm³/mol. The second-order valence-corrected chi connectivity index (χ2v) is 8.24. The zero-order chi connectivity index (χ0) is 18.9. The molecule has 0 heterocycles. The van der Waals surface area contributed by atoms with Crippen LogP contribution < -0.4 is 38.5 Å². The van der Waals surface area contributed by atoms with Crippen molar-refractivity contribution in [2.24, 2.45) is 0 Å². The van der Waals surface area contributed by atoms with Gasteiger partial charge in [-0.2, -0.15) is 8.42 Å². The minimum atomic E-state index is -4.71. The number of rotatable bonds is 5. The zero-order valence-electron chi connectivity index (χ0n) is 14.4. The number of methoxy groups -OCH3 is 1. The first kappa shape index (κ1) is 21.7. The van der Waals surface area contributed by atoms with Crippen LogP contribution in [0.5, 0.6) is 11.5 Å². The Balaban J connectivity index is 0.00000261. The van der Waals surface area contributed by atoms with Crippen LogP contribution in [0.2, 0.25) is 0 Å². The van der Waals surface area contributed by atoms with E-state index in [0.29, 0.717) is 0 Å². The number of ether oxygens (including phenoxy) is 1. The van der Waals surface area contributed by atoms with Gasteiger partial charge in [-0.1, -0.05) is 30.3 Å². The maximum Gasteiger partial charge on any atom is 1.00 e. The Morgan fingerprint density at radius 3 is 2.04 bits per heavy atom. The van der Waals surface area contributed by atoms with Crippen LogP contribution in [0, 0.1) is 0 Å². The second kappa shape index (κ2) is 8.17. The molecule has 0 bridgehead atoms. The van der Waals surface area contributed by atoms with Gasteiger partial charge in [-0.05, 0) is 35.0 Å². The van der Waals surface area contributed by atoms with E-state index in [-0.39, 0.29) is 46.0 Å². The third-order valence-corrected chi connectivity index (χ3v) is 5.69. The maximum atomic E-state index is 12.5. The van der Waals surface area contributed by atoms with Crippen molar-refractivity contribution in [2.75, 3.05) is 7.11 Å². The van der Waals surface area contributed by atoms with Gasteiger partial charge in [0.2, 0.25) is 0 Å². The van der Waals surface area contributed by atoms with Crippen LogP contribution in [-0.4, -0.2) is 28.5 Å². The van der Waals surface area contributed by atoms with Crippen molar-refractivity contribution in [3.8, 4) is 11.5 Å². The molecule has 0 aliphatic rings. The van der Waals surface area contributed by atoms with Crippen molar-refractivity contribution in [1.29, 1.82) is 0 Å². The second-order valence-electron chi connectivity index (χ2n) is 5.31. The molecule has 0 saturated carbocycles. The minimum absolute atomic E-state index is 0. The third kappa shape index (κ3) is 4.81. The summed E-state index contributed by atoms with van der Waals surface area (Å²) in [5, 5.41) is 1.59. The van der Waals surface area contributed by atoms with E-state index in [9.17, 15) is 21.4 Å². The molecular formula is C17H13NaO7S2. The molecule has 27 heavy (non-hydrogen) atoms. The molecule has 10 heteroatoms. The molecule has 136 valence electrons. The summed E-state index contributed by atoms with van der Waals surface area (Å²) in [6.45, 7) is 0. The van der Waals surface area contributed by atoms with E-state index in [1.165, 1.54) is 19.2 Å². The third-order valence-electron chi connectivity index (χ3n) is 3.63. The summed E-state index contributed by atoms with van der Waals surface area (Å²) in [5.74, 6) is -0.417. The van der Waals surface area contributed by atoms with Gasteiger partial charge in [0.15, 0.2) is 11.5 Å². The Morgan fingerprint density at radius 1 is 0.778 bits per heavy atom.